The third-order valence-corrected chi connectivity index (χ3v) is 8.42. The van der Waals surface area contributed by atoms with Gasteiger partial charge in [0.05, 0.1) is 0 Å². The van der Waals surface area contributed by atoms with Crippen molar-refractivity contribution in [1.82, 2.24) is 4.90 Å². The molecule has 2 rings (SSSR count). The molecule has 4 heteroatoms. The number of allylic oxidation sites excluding steroid dienone is 1. The van der Waals surface area contributed by atoms with Crippen LogP contribution >= 0.6 is 21.6 Å². The summed E-state index contributed by atoms with van der Waals surface area (Å²) in [6.07, 6.45) is 18.9. The number of phenols is 1. The fourth-order valence-corrected chi connectivity index (χ4v) is 6.89. The van der Waals surface area contributed by atoms with Crippen LogP contribution in [0, 0.1) is 18.8 Å². The van der Waals surface area contributed by atoms with Crippen LogP contribution in [0.1, 0.15) is 78.7 Å². The van der Waals surface area contributed by atoms with Gasteiger partial charge in [0.15, 0.2) is 0 Å². The number of benzene rings is 1. The molecule has 0 spiro atoms. The maximum absolute atomic E-state index is 9.38. The fourth-order valence-electron chi connectivity index (χ4n) is 3.59. The Morgan fingerprint density at radius 1 is 1.28 bits per heavy atom. The van der Waals surface area contributed by atoms with E-state index in [0.717, 1.165) is 19.5 Å². The molecule has 0 aliphatic carbocycles. The van der Waals surface area contributed by atoms with Gasteiger partial charge in [0, 0.05) is 17.0 Å². The Labute approximate surface area is 208 Å². The van der Waals surface area contributed by atoms with Crippen LogP contribution in [-0.2, 0) is 6.42 Å². The summed E-state index contributed by atoms with van der Waals surface area (Å²) in [7, 11) is 6.30. The monoisotopic (exact) mass is 479 g/mol. The molecule has 1 aromatic carbocycles. The molecule has 1 fully saturated rings. The van der Waals surface area contributed by atoms with Crippen molar-refractivity contribution in [2.24, 2.45) is 5.92 Å². The van der Waals surface area contributed by atoms with Crippen LogP contribution in [-0.4, -0.2) is 40.6 Å². The number of nitrogens with zero attached hydrogens (tertiary/aromatic N) is 1. The molecule has 1 saturated heterocycles. The Morgan fingerprint density at radius 3 is 2.50 bits per heavy atom. The summed E-state index contributed by atoms with van der Waals surface area (Å²) in [4.78, 5) is 2.37. The number of aromatic hydroxyl groups is 1. The molecule has 2 nitrogen and oxygen atoms in total. The molecule has 1 heterocycles. The Morgan fingerprint density at radius 2 is 1.97 bits per heavy atom. The SMILES string of the molecule is C#C.C=CCCCCC1(C)CCSS1.CC.CCCN(C)C[C@H](C)Cc1cccc(O)c1. The second kappa shape index (κ2) is 21.8. The Kier molecular flexibility index (Phi) is 22.6. The number of hydrogen-bond donors (Lipinski definition) is 1. The number of rotatable bonds is 11. The van der Waals surface area contributed by atoms with Crippen LogP contribution < -0.4 is 0 Å². The van der Waals surface area contributed by atoms with E-state index >= 15 is 0 Å². The highest BCUT2D eigenvalue weighted by Gasteiger charge is 2.29. The van der Waals surface area contributed by atoms with Crippen molar-refractivity contribution in [3.8, 4) is 18.6 Å². The average molecular weight is 480 g/mol. The van der Waals surface area contributed by atoms with Gasteiger partial charge < -0.3 is 10.0 Å². The summed E-state index contributed by atoms with van der Waals surface area (Å²) in [6.45, 7) is 16.9. The first kappa shape index (κ1) is 33.2. The molecular weight excluding hydrogens is 430 g/mol. The van der Waals surface area contributed by atoms with Crippen molar-refractivity contribution >= 4 is 21.6 Å². The summed E-state index contributed by atoms with van der Waals surface area (Å²) in [5.41, 5.74) is 1.22. The third-order valence-electron chi connectivity index (χ3n) is 5.06. The lowest BCUT2D eigenvalue weighted by atomic mass is 9.99. The van der Waals surface area contributed by atoms with Crippen LogP contribution in [0.2, 0.25) is 0 Å². The van der Waals surface area contributed by atoms with E-state index in [4.69, 9.17) is 0 Å². The fraction of sp³-hybridized carbons (Fsp3) is 0.643. The van der Waals surface area contributed by atoms with Crippen molar-refractivity contribution in [1.29, 1.82) is 0 Å². The maximum atomic E-state index is 9.38. The van der Waals surface area contributed by atoms with Crippen LogP contribution in [0.25, 0.3) is 0 Å². The Hall–Kier alpha value is -1.02. The highest BCUT2D eigenvalue weighted by molar-refractivity contribution is 8.77. The van der Waals surface area contributed by atoms with E-state index in [0.29, 0.717) is 16.4 Å². The zero-order valence-electron chi connectivity index (χ0n) is 21.6. The van der Waals surface area contributed by atoms with Gasteiger partial charge in [-0.25, -0.2) is 0 Å². The molecule has 2 atom stereocenters. The van der Waals surface area contributed by atoms with Crippen molar-refractivity contribution in [3.63, 3.8) is 0 Å². The predicted molar refractivity (Wildman–Crippen MR) is 152 cm³/mol. The minimum atomic E-state index is 0.367. The van der Waals surface area contributed by atoms with Gasteiger partial charge in [-0.15, -0.1) is 19.4 Å². The average Bonchev–Trinajstić information content (AvgIpc) is 3.21. The highest BCUT2D eigenvalue weighted by Crippen LogP contribution is 2.49. The standard InChI is InChI=1S/C14H23NO.C10H18S2.C2H6.C2H2/c1-4-8-15(3)11-12(2)9-13-6-5-7-14(16)10-13;1-3-4-5-6-7-10(2)8-9-11-12-10;2*1-2/h5-7,10,12,16H,4,8-9,11H2,1-3H3;3H,1,4-9H2,2H3;1-2H3;1-2H/t12-;;;/m1.../s1. The van der Waals surface area contributed by atoms with Crippen molar-refractivity contribution in [2.45, 2.75) is 84.3 Å². The van der Waals surface area contributed by atoms with Gasteiger partial charge >= 0.3 is 0 Å². The zero-order valence-corrected chi connectivity index (χ0v) is 23.2. The molecule has 0 aromatic heterocycles. The normalized spacial score (nSPS) is 17.7. The Balaban J connectivity index is 0. The van der Waals surface area contributed by atoms with Gasteiger partial charge in [0.2, 0.25) is 0 Å². The first-order chi connectivity index (χ1) is 15.4. The quantitative estimate of drug-likeness (QED) is 0.149. The second-order valence-corrected chi connectivity index (χ2v) is 11.4. The molecule has 1 unspecified atom stereocenters. The summed E-state index contributed by atoms with van der Waals surface area (Å²) in [6, 6.07) is 7.57. The summed E-state index contributed by atoms with van der Waals surface area (Å²) < 4.78 is 0.589. The molecule has 184 valence electrons. The van der Waals surface area contributed by atoms with E-state index < -0.39 is 0 Å². The van der Waals surface area contributed by atoms with Crippen molar-refractivity contribution in [2.75, 3.05) is 25.9 Å². The molecule has 1 aliphatic rings. The highest BCUT2D eigenvalue weighted by atomic mass is 33.1. The second-order valence-electron chi connectivity index (χ2n) is 8.38. The number of terminal acetylenes is 1. The topological polar surface area (TPSA) is 23.5 Å². The van der Waals surface area contributed by atoms with Gasteiger partial charge in [0.25, 0.3) is 0 Å². The largest absolute Gasteiger partial charge is 0.508 e. The predicted octanol–water partition coefficient (Wildman–Crippen LogP) is 8.46. The lowest BCUT2D eigenvalue weighted by Crippen LogP contribution is -2.26. The molecule has 0 radical (unpaired) electrons. The molecular formula is C28H49NOS2. The van der Waals surface area contributed by atoms with E-state index in [1.807, 2.05) is 42.9 Å². The van der Waals surface area contributed by atoms with Crippen LogP contribution in [0.15, 0.2) is 36.9 Å². The molecule has 0 amide bonds. The van der Waals surface area contributed by atoms with Gasteiger partial charge in [-0.2, -0.15) is 0 Å². The number of unbranched alkanes of at least 4 members (excludes halogenated alkanes) is 2. The van der Waals surface area contributed by atoms with Crippen LogP contribution in [0.4, 0.5) is 0 Å². The minimum Gasteiger partial charge on any atom is -0.508 e. The number of phenolic OH excluding ortho intramolecular Hbond substituents is 1. The van der Waals surface area contributed by atoms with Crippen molar-refractivity contribution in [3.05, 3.63) is 42.5 Å². The summed E-state index contributed by atoms with van der Waals surface area (Å²) in [5.74, 6) is 2.34. The number of hydrogen-bond acceptors (Lipinski definition) is 4. The molecule has 0 bridgehead atoms. The Bertz CT molecular complexity index is 582. The molecule has 0 saturated carbocycles. The minimum absolute atomic E-state index is 0.367. The summed E-state index contributed by atoms with van der Waals surface area (Å²) in [5, 5.41) is 9.38. The zero-order chi connectivity index (χ0) is 24.8. The summed E-state index contributed by atoms with van der Waals surface area (Å²) >= 11 is 0. The van der Waals surface area contributed by atoms with Crippen LogP contribution in [0.3, 0.4) is 0 Å². The smallest absolute Gasteiger partial charge is 0.115 e. The lowest BCUT2D eigenvalue weighted by Gasteiger charge is -2.20. The molecule has 1 N–H and O–H groups in total. The van der Waals surface area contributed by atoms with Gasteiger partial charge in [-0.1, -0.05) is 73.9 Å². The van der Waals surface area contributed by atoms with Gasteiger partial charge in [0.1, 0.15) is 5.75 Å². The third kappa shape index (κ3) is 17.5. The molecule has 1 aromatic rings. The van der Waals surface area contributed by atoms with E-state index in [2.05, 4.69) is 69.0 Å². The van der Waals surface area contributed by atoms with E-state index in [-0.39, 0.29) is 0 Å². The molecule has 32 heavy (non-hydrogen) atoms. The first-order valence-electron chi connectivity index (χ1n) is 12.1. The molecule has 1 aliphatic heterocycles. The van der Waals surface area contributed by atoms with E-state index in [9.17, 15) is 5.11 Å². The first-order valence-corrected chi connectivity index (χ1v) is 14.4. The van der Waals surface area contributed by atoms with E-state index in [1.165, 1.54) is 49.8 Å². The van der Waals surface area contributed by atoms with Gasteiger partial charge in [-0.05, 0) is 82.7 Å². The maximum Gasteiger partial charge on any atom is 0.115 e. The lowest BCUT2D eigenvalue weighted by molar-refractivity contribution is 0.285. The van der Waals surface area contributed by atoms with Gasteiger partial charge in [-0.3, -0.25) is 0 Å². The van der Waals surface area contributed by atoms with Crippen LogP contribution in [0.5, 0.6) is 5.75 Å². The van der Waals surface area contributed by atoms with E-state index in [1.54, 1.807) is 6.07 Å². The van der Waals surface area contributed by atoms with Crippen molar-refractivity contribution < 1.29 is 5.11 Å².